The molecule has 2 heterocycles. The van der Waals surface area contributed by atoms with Crippen LogP contribution in [0.15, 0.2) is 10.9 Å². The number of likely N-dealkylation sites (tertiary alicyclic amines) is 1. The number of hydrogen-bond acceptors (Lipinski definition) is 4. The predicted octanol–water partition coefficient (Wildman–Crippen LogP) is 1.01. The van der Waals surface area contributed by atoms with E-state index in [0.717, 1.165) is 5.69 Å². The Morgan fingerprint density at radius 2 is 2.41 bits per heavy atom. The molecule has 6 heteroatoms. The van der Waals surface area contributed by atoms with Crippen LogP contribution >= 0.6 is 11.3 Å². The molecule has 0 radical (unpaired) electrons. The van der Waals surface area contributed by atoms with Crippen molar-refractivity contribution in [3.8, 4) is 0 Å². The first-order valence-electron chi connectivity index (χ1n) is 5.54. The number of carboxylic acids is 1. The number of carbonyl (C=O) groups excluding carboxylic acids is 1. The van der Waals surface area contributed by atoms with Crippen molar-refractivity contribution in [1.82, 2.24) is 9.88 Å². The number of thiazole rings is 1. The largest absolute Gasteiger partial charge is 0.481 e. The van der Waals surface area contributed by atoms with Crippen LogP contribution in [0.1, 0.15) is 18.5 Å². The molecule has 1 aromatic rings. The molecule has 1 amide bonds. The quantitative estimate of drug-likeness (QED) is 0.870. The van der Waals surface area contributed by atoms with E-state index in [1.54, 1.807) is 10.4 Å². The molecule has 92 valence electrons. The first kappa shape index (κ1) is 12.0. The molecule has 0 saturated carbocycles. The first-order valence-corrected chi connectivity index (χ1v) is 6.48. The van der Waals surface area contributed by atoms with Crippen LogP contribution < -0.4 is 0 Å². The van der Waals surface area contributed by atoms with Crippen LogP contribution in [0.25, 0.3) is 0 Å². The molecular formula is C11H14N2O3S. The minimum absolute atomic E-state index is 0.0294. The van der Waals surface area contributed by atoms with Gasteiger partial charge in [0.05, 0.1) is 17.1 Å². The van der Waals surface area contributed by atoms with Crippen LogP contribution in [0.5, 0.6) is 0 Å². The smallest absolute Gasteiger partial charge is 0.308 e. The van der Waals surface area contributed by atoms with Crippen molar-refractivity contribution >= 4 is 23.2 Å². The molecule has 5 nitrogen and oxygen atoms in total. The molecule has 2 rings (SSSR count). The van der Waals surface area contributed by atoms with Crippen LogP contribution in [0, 0.1) is 5.92 Å². The lowest BCUT2D eigenvalue weighted by Gasteiger charge is -2.15. The van der Waals surface area contributed by atoms with E-state index in [9.17, 15) is 9.59 Å². The molecule has 1 aromatic heterocycles. The molecule has 0 aromatic carbocycles. The Morgan fingerprint density at radius 3 is 3.00 bits per heavy atom. The lowest BCUT2D eigenvalue weighted by molar-refractivity contribution is -0.141. The van der Waals surface area contributed by atoms with E-state index in [0.29, 0.717) is 32.4 Å². The maximum atomic E-state index is 11.8. The van der Waals surface area contributed by atoms with Gasteiger partial charge < -0.3 is 10.0 Å². The highest BCUT2D eigenvalue weighted by Crippen LogP contribution is 2.17. The molecule has 1 aliphatic rings. The molecule has 1 fully saturated rings. The first-order chi connectivity index (χ1) is 8.16. The Labute approximate surface area is 103 Å². The van der Waals surface area contributed by atoms with Crippen LogP contribution in [0.3, 0.4) is 0 Å². The number of carbonyl (C=O) groups is 2. The van der Waals surface area contributed by atoms with E-state index < -0.39 is 11.9 Å². The highest BCUT2D eigenvalue weighted by Gasteiger charge is 2.30. The van der Waals surface area contributed by atoms with Crippen LogP contribution in [0.4, 0.5) is 0 Å². The summed E-state index contributed by atoms with van der Waals surface area (Å²) >= 11 is 1.51. The Kier molecular flexibility index (Phi) is 3.73. The number of aliphatic carboxylic acids is 1. The van der Waals surface area contributed by atoms with Gasteiger partial charge in [-0.1, -0.05) is 0 Å². The van der Waals surface area contributed by atoms with Crippen LogP contribution in [0.2, 0.25) is 0 Å². The number of amides is 1. The number of hydrogen-bond donors (Lipinski definition) is 1. The van der Waals surface area contributed by atoms with Crippen molar-refractivity contribution in [2.75, 3.05) is 13.1 Å². The molecule has 0 aliphatic carbocycles. The van der Waals surface area contributed by atoms with Gasteiger partial charge in [0.2, 0.25) is 5.91 Å². The van der Waals surface area contributed by atoms with Gasteiger partial charge in [-0.05, 0) is 12.8 Å². The van der Waals surface area contributed by atoms with Crippen LogP contribution in [-0.4, -0.2) is 40.0 Å². The minimum Gasteiger partial charge on any atom is -0.481 e. The lowest BCUT2D eigenvalue weighted by atomic mass is 10.1. The maximum Gasteiger partial charge on any atom is 0.308 e. The average Bonchev–Trinajstić information content (AvgIpc) is 2.96. The molecule has 1 unspecified atom stereocenters. The van der Waals surface area contributed by atoms with Crippen molar-refractivity contribution in [2.45, 2.75) is 19.3 Å². The van der Waals surface area contributed by atoms with Gasteiger partial charge in [0, 0.05) is 24.9 Å². The maximum absolute atomic E-state index is 11.8. The Morgan fingerprint density at radius 1 is 1.59 bits per heavy atom. The molecule has 17 heavy (non-hydrogen) atoms. The number of nitrogens with zero attached hydrogens (tertiary/aromatic N) is 2. The van der Waals surface area contributed by atoms with Gasteiger partial charge in [-0.15, -0.1) is 11.3 Å². The second kappa shape index (κ2) is 5.27. The number of aromatic nitrogens is 1. The standard InChI is InChI=1S/C11H14N2O3S/c14-10(2-1-9-6-17-7-12-9)13-4-3-8(5-13)11(15)16/h6-8H,1-5H2,(H,15,16). The number of aryl methyl sites for hydroxylation is 1. The fourth-order valence-electron chi connectivity index (χ4n) is 1.94. The molecule has 1 aliphatic heterocycles. The van der Waals surface area contributed by atoms with E-state index in [1.807, 2.05) is 5.38 Å². The van der Waals surface area contributed by atoms with Crippen molar-refractivity contribution in [2.24, 2.45) is 5.92 Å². The van der Waals surface area contributed by atoms with Gasteiger partial charge >= 0.3 is 5.97 Å². The molecule has 1 atom stereocenters. The van der Waals surface area contributed by atoms with Gasteiger partial charge in [0.15, 0.2) is 0 Å². The Balaban J connectivity index is 1.79. The molecule has 0 bridgehead atoms. The highest BCUT2D eigenvalue weighted by atomic mass is 32.1. The van der Waals surface area contributed by atoms with Gasteiger partial charge in [-0.3, -0.25) is 9.59 Å². The van der Waals surface area contributed by atoms with E-state index in [4.69, 9.17) is 5.11 Å². The van der Waals surface area contributed by atoms with Gasteiger partial charge in [0.1, 0.15) is 0 Å². The lowest BCUT2D eigenvalue weighted by Crippen LogP contribution is -2.30. The number of carboxylic acid groups (broad SMARTS) is 1. The third kappa shape index (κ3) is 3.03. The number of rotatable bonds is 4. The summed E-state index contributed by atoms with van der Waals surface area (Å²) in [5.41, 5.74) is 2.67. The summed E-state index contributed by atoms with van der Waals surface area (Å²) in [4.78, 5) is 28.3. The fourth-order valence-corrected chi connectivity index (χ4v) is 2.54. The second-order valence-corrected chi connectivity index (χ2v) is 4.86. The van der Waals surface area contributed by atoms with Gasteiger partial charge in [-0.25, -0.2) is 4.98 Å². The van der Waals surface area contributed by atoms with Crippen molar-refractivity contribution < 1.29 is 14.7 Å². The van der Waals surface area contributed by atoms with E-state index in [-0.39, 0.29) is 5.91 Å². The topological polar surface area (TPSA) is 70.5 Å². The predicted molar refractivity (Wildman–Crippen MR) is 62.8 cm³/mol. The normalized spacial score (nSPS) is 19.5. The average molecular weight is 254 g/mol. The van der Waals surface area contributed by atoms with Gasteiger partial charge in [-0.2, -0.15) is 0 Å². The summed E-state index contributed by atoms with van der Waals surface area (Å²) in [5, 5.41) is 10.8. The monoisotopic (exact) mass is 254 g/mol. The zero-order valence-electron chi connectivity index (χ0n) is 9.33. The summed E-state index contributed by atoms with van der Waals surface area (Å²) < 4.78 is 0. The van der Waals surface area contributed by atoms with E-state index >= 15 is 0 Å². The zero-order chi connectivity index (χ0) is 12.3. The van der Waals surface area contributed by atoms with Crippen molar-refractivity contribution in [1.29, 1.82) is 0 Å². The summed E-state index contributed by atoms with van der Waals surface area (Å²) in [7, 11) is 0. The zero-order valence-corrected chi connectivity index (χ0v) is 10.2. The van der Waals surface area contributed by atoms with Crippen molar-refractivity contribution in [3.05, 3.63) is 16.6 Å². The van der Waals surface area contributed by atoms with E-state index in [2.05, 4.69) is 4.98 Å². The SMILES string of the molecule is O=C(O)C1CCN(C(=O)CCc2cscn2)C1. The summed E-state index contributed by atoms with van der Waals surface area (Å²) in [6.07, 6.45) is 1.62. The fraction of sp³-hybridized carbons (Fsp3) is 0.545. The summed E-state index contributed by atoms with van der Waals surface area (Å²) in [6.45, 7) is 0.915. The molecular weight excluding hydrogens is 240 g/mol. The summed E-state index contributed by atoms with van der Waals surface area (Å²) in [6, 6.07) is 0. The molecule has 1 saturated heterocycles. The van der Waals surface area contributed by atoms with Gasteiger partial charge in [0.25, 0.3) is 0 Å². The molecule has 0 spiro atoms. The minimum atomic E-state index is -0.806. The third-order valence-corrected chi connectivity index (χ3v) is 3.60. The molecule has 1 N–H and O–H groups in total. The van der Waals surface area contributed by atoms with E-state index in [1.165, 1.54) is 11.3 Å². The van der Waals surface area contributed by atoms with Crippen LogP contribution in [-0.2, 0) is 16.0 Å². The summed E-state index contributed by atoms with van der Waals surface area (Å²) in [5.74, 6) is -1.17. The Hall–Kier alpha value is -1.43. The highest BCUT2D eigenvalue weighted by molar-refractivity contribution is 7.07. The van der Waals surface area contributed by atoms with Crippen molar-refractivity contribution in [3.63, 3.8) is 0 Å². The second-order valence-electron chi connectivity index (χ2n) is 4.14. The Bertz CT molecular complexity index is 405. The third-order valence-electron chi connectivity index (χ3n) is 2.97.